The monoisotopic (exact) mass is 420 g/mol. The minimum absolute atomic E-state index is 0. The van der Waals surface area contributed by atoms with Crippen molar-refractivity contribution in [3.8, 4) is 0 Å². The molecule has 2 aromatic rings. The second-order valence-electron chi connectivity index (χ2n) is 5.14. The molecule has 8 nitrogen and oxygen atoms in total. The van der Waals surface area contributed by atoms with Crippen LogP contribution in [0.25, 0.3) is 0 Å². The predicted molar refractivity (Wildman–Crippen MR) is 88.6 cm³/mol. The zero-order valence-corrected chi connectivity index (χ0v) is 19.9. The zero-order valence-electron chi connectivity index (χ0n) is 16.3. The van der Waals surface area contributed by atoms with Gasteiger partial charge < -0.3 is 14.3 Å². The van der Waals surface area contributed by atoms with E-state index < -0.39 is 32.3 Å². The molecule has 0 radical (unpaired) electrons. The van der Waals surface area contributed by atoms with E-state index in [4.69, 9.17) is 20.6 Å². The van der Waals surface area contributed by atoms with Gasteiger partial charge in [0.15, 0.2) is 0 Å². The Bertz CT molecular complexity index is 863. The second-order valence-corrected chi connectivity index (χ2v) is 7.98. The number of hydrogen-bond acceptors (Lipinski definition) is 6. The van der Waals surface area contributed by atoms with Gasteiger partial charge in [-0.3, -0.25) is 9.11 Å². The first-order chi connectivity index (χ1) is 11.0. The van der Waals surface area contributed by atoms with Crippen LogP contribution in [0, 0.1) is 0 Å². The quantitative estimate of drug-likeness (QED) is 0.277. The van der Waals surface area contributed by atoms with Gasteiger partial charge in [0.05, 0.1) is 9.79 Å². The van der Waals surface area contributed by atoms with E-state index in [1.807, 2.05) is 0 Å². The van der Waals surface area contributed by atoms with E-state index in [0.29, 0.717) is 11.1 Å². The molecule has 2 rings (SSSR count). The molecule has 2 aromatic carbocycles. The maximum atomic E-state index is 11.0. The molecule has 6 N–H and O–H groups in total. The van der Waals surface area contributed by atoms with Crippen LogP contribution in [0.4, 0.5) is 0 Å². The summed E-state index contributed by atoms with van der Waals surface area (Å²) in [6.07, 6.45) is 0. The summed E-state index contributed by atoms with van der Waals surface area (Å²) in [5, 5.41) is 0. The predicted octanol–water partition coefficient (Wildman–Crippen LogP) is -4.89. The molecule has 0 aromatic heterocycles. The average Bonchev–Trinajstić information content (AvgIpc) is 2.52. The normalized spacial score (nSPS) is 13.8. The van der Waals surface area contributed by atoms with Gasteiger partial charge >= 0.3 is 59.1 Å². The third-order valence-electron chi connectivity index (χ3n) is 3.51. The fourth-order valence-electron chi connectivity index (χ4n) is 2.14. The van der Waals surface area contributed by atoms with E-state index in [2.05, 4.69) is 0 Å². The Balaban J connectivity index is -0.00000156. The van der Waals surface area contributed by atoms with Crippen LogP contribution in [-0.4, -0.2) is 25.9 Å². The molecule has 26 heavy (non-hydrogen) atoms. The van der Waals surface area contributed by atoms with E-state index in [9.17, 15) is 16.8 Å². The Labute approximate surface area is 199 Å². The molecule has 0 saturated carbocycles. The number of nitrogens with two attached hydrogens (primary N) is 2. The van der Waals surface area contributed by atoms with Gasteiger partial charge in [0.1, 0.15) is 0 Å². The first kappa shape index (κ1) is 26.2. The summed E-state index contributed by atoms with van der Waals surface area (Å²) in [5.41, 5.74) is 13.2. The van der Waals surface area contributed by atoms with Gasteiger partial charge in [0.2, 0.25) is 0 Å². The Hall–Kier alpha value is 0.180. The maximum Gasteiger partial charge on any atom is 1.00 e. The van der Waals surface area contributed by atoms with Gasteiger partial charge in [0, 0.05) is 12.1 Å². The van der Waals surface area contributed by atoms with E-state index in [1.54, 1.807) is 0 Å². The topological polar surface area (TPSA) is 161 Å². The molecule has 0 aliphatic rings. The molecule has 0 bridgehead atoms. The molecule has 0 amide bonds. The zero-order chi connectivity index (χ0) is 18.1. The molecule has 0 spiro atoms. The van der Waals surface area contributed by atoms with Gasteiger partial charge in [-0.05, 0) is 35.4 Å². The molecular formula is C14H18N2Na2O6S2. The summed E-state index contributed by atoms with van der Waals surface area (Å²) < 4.78 is 61.9. The van der Waals surface area contributed by atoms with Crippen molar-refractivity contribution in [3.63, 3.8) is 0 Å². The van der Waals surface area contributed by atoms with Crippen LogP contribution in [0.1, 0.15) is 26.1 Å². The minimum Gasteiger partial charge on any atom is -1.00 e. The van der Waals surface area contributed by atoms with Crippen molar-refractivity contribution >= 4 is 20.2 Å². The number of rotatable bonds is 5. The van der Waals surface area contributed by atoms with Crippen molar-refractivity contribution in [1.82, 2.24) is 0 Å². The first-order valence-corrected chi connectivity index (χ1v) is 9.54. The van der Waals surface area contributed by atoms with Crippen LogP contribution >= 0.6 is 0 Å². The standard InChI is InChI=1S/C14H16N2O6S2.2Na.2H/c15-13(9-1-5-11(6-2-9)23(17,18)19)14(16)10-3-7-12(8-4-10)24(20,21)22;;;;/h1-8,13-14H,15-16H2,(H,17,18,19)(H,20,21,22);;;;/q;2*+1;2*-1. The van der Waals surface area contributed by atoms with E-state index in [0.717, 1.165) is 0 Å². The van der Waals surface area contributed by atoms with Crippen LogP contribution in [0.3, 0.4) is 0 Å². The van der Waals surface area contributed by atoms with Crippen LogP contribution < -0.4 is 70.6 Å². The largest absolute Gasteiger partial charge is 1.00 e. The van der Waals surface area contributed by atoms with Crippen LogP contribution in [0.15, 0.2) is 58.3 Å². The Kier molecular flexibility index (Phi) is 10.2. The molecule has 0 saturated heterocycles. The summed E-state index contributed by atoms with van der Waals surface area (Å²) in [4.78, 5) is -0.519. The maximum absolute atomic E-state index is 11.0. The second kappa shape index (κ2) is 10.1. The summed E-state index contributed by atoms with van der Waals surface area (Å²) in [6.45, 7) is 0. The average molecular weight is 420 g/mol. The minimum atomic E-state index is -4.29. The van der Waals surface area contributed by atoms with Crippen LogP contribution in [-0.2, 0) is 20.2 Å². The molecule has 2 atom stereocenters. The summed E-state index contributed by atoms with van der Waals surface area (Å²) >= 11 is 0. The summed E-state index contributed by atoms with van der Waals surface area (Å²) in [5.74, 6) is 0. The first-order valence-electron chi connectivity index (χ1n) is 6.66. The number of hydrogen-bond donors (Lipinski definition) is 4. The van der Waals surface area contributed by atoms with Gasteiger partial charge in [-0.15, -0.1) is 0 Å². The fraction of sp³-hybridized carbons (Fsp3) is 0.143. The van der Waals surface area contributed by atoms with Crippen molar-refractivity contribution in [2.45, 2.75) is 21.9 Å². The smallest absolute Gasteiger partial charge is 1.00 e. The van der Waals surface area contributed by atoms with Crippen molar-refractivity contribution in [1.29, 1.82) is 0 Å². The molecule has 2 unspecified atom stereocenters. The Morgan fingerprint density at radius 3 is 1.08 bits per heavy atom. The molecule has 0 aliphatic carbocycles. The van der Waals surface area contributed by atoms with E-state index in [-0.39, 0.29) is 71.8 Å². The summed E-state index contributed by atoms with van der Waals surface area (Å²) in [6, 6.07) is 9.16. The Morgan fingerprint density at radius 1 is 0.654 bits per heavy atom. The summed E-state index contributed by atoms with van der Waals surface area (Å²) in [7, 11) is -8.58. The van der Waals surface area contributed by atoms with Crippen LogP contribution in [0.2, 0.25) is 0 Å². The van der Waals surface area contributed by atoms with Crippen molar-refractivity contribution in [2.75, 3.05) is 0 Å². The van der Waals surface area contributed by atoms with Crippen molar-refractivity contribution in [2.24, 2.45) is 11.5 Å². The molecule has 0 aliphatic heterocycles. The van der Waals surface area contributed by atoms with Crippen LogP contribution in [0.5, 0.6) is 0 Å². The molecular weight excluding hydrogens is 402 g/mol. The van der Waals surface area contributed by atoms with E-state index in [1.165, 1.54) is 48.5 Å². The third-order valence-corrected chi connectivity index (χ3v) is 5.25. The van der Waals surface area contributed by atoms with Gasteiger partial charge in [-0.1, -0.05) is 24.3 Å². The molecule has 12 heteroatoms. The van der Waals surface area contributed by atoms with E-state index >= 15 is 0 Å². The van der Waals surface area contributed by atoms with Gasteiger partial charge in [0.25, 0.3) is 20.2 Å². The van der Waals surface area contributed by atoms with Crippen molar-refractivity contribution < 1.29 is 87.9 Å². The SMILES string of the molecule is NC(c1ccc(S(=O)(=O)O)cc1)C(N)c1ccc(S(=O)(=O)O)cc1.[H-].[H-].[Na+].[Na+]. The molecule has 0 heterocycles. The van der Waals surface area contributed by atoms with Crippen molar-refractivity contribution in [3.05, 3.63) is 59.7 Å². The molecule has 134 valence electrons. The number of benzene rings is 2. The van der Waals surface area contributed by atoms with Gasteiger partial charge in [-0.2, -0.15) is 16.8 Å². The third kappa shape index (κ3) is 6.66. The Morgan fingerprint density at radius 2 is 0.885 bits per heavy atom. The molecule has 0 fully saturated rings. The van der Waals surface area contributed by atoms with Gasteiger partial charge in [-0.25, -0.2) is 0 Å². The fourth-order valence-corrected chi connectivity index (χ4v) is 3.10.